The number of Topliss-reactive ketones (excluding diaryl/α,β-unsaturated/α-hetero) is 1. The molecule has 1 atom stereocenters. The van der Waals surface area contributed by atoms with E-state index in [-0.39, 0.29) is 16.7 Å². The summed E-state index contributed by atoms with van der Waals surface area (Å²) in [6, 6.07) is -0.546. The van der Waals surface area contributed by atoms with Crippen LogP contribution in [0.1, 0.15) is 23.0 Å². The molecule has 1 aliphatic carbocycles. The largest absolute Gasteiger partial charge is 0.515 e. The molecular formula is C11H12O4. The van der Waals surface area contributed by atoms with Crippen LogP contribution in [0.15, 0.2) is 34.8 Å². The predicted molar refractivity (Wildman–Crippen MR) is 54.4 cm³/mol. The van der Waals surface area contributed by atoms with Crippen LogP contribution in [0.3, 0.4) is 0 Å². The second kappa shape index (κ2) is 4.13. The molecule has 0 aromatic carbocycles. The number of carbonyl (C=O) groups is 2. The van der Waals surface area contributed by atoms with Gasteiger partial charge in [0.2, 0.25) is 0 Å². The van der Waals surface area contributed by atoms with Gasteiger partial charge in [0.1, 0.15) is 11.5 Å². The van der Waals surface area contributed by atoms with Crippen molar-refractivity contribution in [3.05, 3.63) is 34.8 Å². The van der Waals surface area contributed by atoms with Crippen molar-refractivity contribution in [3.63, 3.8) is 0 Å². The van der Waals surface area contributed by atoms with Crippen LogP contribution in [0.2, 0.25) is 0 Å². The van der Waals surface area contributed by atoms with E-state index in [4.69, 9.17) is 7.85 Å². The van der Waals surface area contributed by atoms with Gasteiger partial charge in [0, 0.05) is 13.3 Å². The van der Waals surface area contributed by atoms with Crippen LogP contribution in [-0.4, -0.2) is 21.8 Å². The van der Waals surface area contributed by atoms with Crippen molar-refractivity contribution in [2.24, 2.45) is 0 Å². The monoisotopic (exact) mass is 210 g/mol. The minimum atomic E-state index is -1.47. The van der Waals surface area contributed by atoms with Crippen LogP contribution < -0.4 is 0 Å². The topological polar surface area (TPSA) is 74.6 Å². The maximum atomic E-state index is 11.6. The van der Waals surface area contributed by atoms with Crippen molar-refractivity contribution in [3.8, 4) is 0 Å². The Balaban J connectivity index is 3.46. The molecule has 4 heteroatoms. The fraction of sp³-hybridized carbons (Fsp3) is 0.273. The molecule has 0 aromatic rings. The zero-order chi connectivity index (χ0) is 13.3. The Labute approximate surface area is 90.0 Å². The first-order valence-corrected chi connectivity index (χ1v) is 4.26. The van der Waals surface area contributed by atoms with Crippen LogP contribution in [0.5, 0.6) is 0 Å². The van der Waals surface area contributed by atoms with Gasteiger partial charge in [-0.25, -0.2) is 0 Å². The highest BCUT2D eigenvalue weighted by molar-refractivity contribution is 6.07. The van der Waals surface area contributed by atoms with Crippen molar-refractivity contribution < 1.29 is 22.5 Å². The van der Waals surface area contributed by atoms with E-state index in [9.17, 15) is 14.7 Å². The van der Waals surface area contributed by atoms with Gasteiger partial charge in [-0.15, -0.1) is 0 Å². The molecule has 0 aliphatic heterocycles. The summed E-state index contributed by atoms with van der Waals surface area (Å²) in [5.41, 5.74) is -0.579. The Bertz CT molecular complexity index is 486. The molecule has 0 spiro atoms. The van der Waals surface area contributed by atoms with Crippen molar-refractivity contribution in [1.82, 2.24) is 0 Å². The Morgan fingerprint density at radius 1 is 1.73 bits per heavy atom. The quantitative estimate of drug-likeness (QED) is 0.681. The molecule has 80 valence electrons. The van der Waals surface area contributed by atoms with Gasteiger partial charge < -0.3 is 10.2 Å². The molecule has 0 heterocycles. The van der Waals surface area contributed by atoms with Crippen LogP contribution in [0, 0.1) is 0 Å². The summed E-state index contributed by atoms with van der Waals surface area (Å²) in [5.74, 6) is -1.83. The lowest BCUT2D eigenvalue weighted by molar-refractivity contribution is -0.116. The smallest absolute Gasteiger partial charge is 0.185 e. The second-order valence-corrected chi connectivity index (χ2v) is 3.14. The van der Waals surface area contributed by atoms with E-state index < -0.39 is 29.8 Å². The van der Waals surface area contributed by atoms with Crippen molar-refractivity contribution >= 4 is 11.6 Å². The SMILES string of the molecule is [2H]C1=C(C([2H])C(C)=O)/C(=C/O)C(O)=C(C)C1=O. The van der Waals surface area contributed by atoms with E-state index in [2.05, 4.69) is 0 Å². The molecule has 1 unspecified atom stereocenters. The fourth-order valence-electron chi connectivity index (χ4n) is 1.17. The maximum absolute atomic E-state index is 11.6. The van der Waals surface area contributed by atoms with Crippen LogP contribution in [-0.2, 0) is 9.59 Å². The number of rotatable bonds is 2. The standard InChI is InChI=1S/C11H12O4/c1-6(13)3-8-4-10(14)7(2)11(15)9(8)5-12/h4-5,12,15H,3H2,1-2H3/b9-5-/i3D,4D. The van der Waals surface area contributed by atoms with Crippen molar-refractivity contribution in [1.29, 1.82) is 0 Å². The number of aliphatic hydroxyl groups excluding tert-OH is 2. The third-order valence-electron chi connectivity index (χ3n) is 1.97. The molecule has 0 saturated carbocycles. The van der Waals surface area contributed by atoms with E-state index in [0.29, 0.717) is 6.26 Å². The van der Waals surface area contributed by atoms with Crippen LogP contribution in [0.4, 0.5) is 0 Å². The molecule has 4 nitrogen and oxygen atoms in total. The highest BCUT2D eigenvalue weighted by Gasteiger charge is 2.23. The van der Waals surface area contributed by atoms with Gasteiger partial charge in [-0.2, -0.15) is 0 Å². The van der Waals surface area contributed by atoms with Gasteiger partial charge in [0.15, 0.2) is 5.78 Å². The average molecular weight is 210 g/mol. The highest BCUT2D eigenvalue weighted by Crippen LogP contribution is 2.28. The first-order chi connectivity index (χ1) is 7.82. The summed E-state index contributed by atoms with van der Waals surface area (Å²) in [5, 5.41) is 18.6. The number of ketones is 2. The number of carbonyl (C=O) groups excluding carboxylic acids is 2. The molecular weight excluding hydrogens is 196 g/mol. The number of aliphatic hydroxyl groups is 2. The summed E-state index contributed by atoms with van der Waals surface area (Å²) in [6.45, 7) is 2.44. The molecule has 1 aliphatic rings. The Kier molecular flexibility index (Phi) is 2.33. The first-order valence-electron chi connectivity index (χ1n) is 5.33. The zero-order valence-electron chi connectivity index (χ0n) is 10.4. The van der Waals surface area contributed by atoms with Crippen LogP contribution in [0.25, 0.3) is 0 Å². The molecule has 0 bridgehead atoms. The molecule has 15 heavy (non-hydrogen) atoms. The molecule has 0 amide bonds. The molecule has 0 fully saturated rings. The lowest BCUT2D eigenvalue weighted by atomic mass is 9.90. The summed E-state index contributed by atoms with van der Waals surface area (Å²) in [6.07, 6.45) is -0.973. The zero-order valence-corrected chi connectivity index (χ0v) is 8.37. The average Bonchev–Trinajstić information content (AvgIpc) is 2.29. The van der Waals surface area contributed by atoms with E-state index in [0.717, 1.165) is 6.92 Å². The van der Waals surface area contributed by atoms with Gasteiger partial charge in [-0.1, -0.05) is 0 Å². The summed E-state index contributed by atoms with van der Waals surface area (Å²) in [4.78, 5) is 22.7. The lowest BCUT2D eigenvalue weighted by Gasteiger charge is -2.15. The van der Waals surface area contributed by atoms with Gasteiger partial charge in [0.05, 0.1) is 13.2 Å². The molecule has 2 N–H and O–H groups in total. The summed E-state index contributed by atoms with van der Waals surface area (Å²) < 4.78 is 15.1. The van der Waals surface area contributed by atoms with Crippen molar-refractivity contribution in [2.75, 3.05) is 0 Å². The first kappa shape index (κ1) is 8.47. The number of hydrogen-bond acceptors (Lipinski definition) is 4. The predicted octanol–water partition coefficient (Wildman–Crippen LogP) is 1.75. The summed E-state index contributed by atoms with van der Waals surface area (Å²) >= 11 is 0. The number of allylic oxidation sites excluding steroid dienone is 3. The molecule has 0 aromatic heterocycles. The van der Waals surface area contributed by atoms with E-state index in [1.54, 1.807) is 0 Å². The number of hydrogen-bond donors (Lipinski definition) is 2. The Hall–Kier alpha value is -1.84. The highest BCUT2D eigenvalue weighted by atomic mass is 16.3. The normalized spacial score (nSPS) is 24.1. The van der Waals surface area contributed by atoms with E-state index in [1.807, 2.05) is 0 Å². The maximum Gasteiger partial charge on any atom is 0.185 e. The fourth-order valence-corrected chi connectivity index (χ4v) is 1.17. The lowest BCUT2D eigenvalue weighted by Crippen LogP contribution is -2.12. The molecule has 0 saturated heterocycles. The van der Waals surface area contributed by atoms with Gasteiger partial charge in [-0.3, -0.25) is 9.59 Å². The Morgan fingerprint density at radius 2 is 2.33 bits per heavy atom. The third kappa shape index (κ3) is 2.15. The summed E-state index contributed by atoms with van der Waals surface area (Å²) in [7, 11) is 0. The molecule has 1 rings (SSSR count). The van der Waals surface area contributed by atoms with Gasteiger partial charge >= 0.3 is 0 Å². The van der Waals surface area contributed by atoms with Gasteiger partial charge in [0.25, 0.3) is 0 Å². The van der Waals surface area contributed by atoms with Gasteiger partial charge in [-0.05, 0) is 25.5 Å². The van der Waals surface area contributed by atoms with E-state index in [1.165, 1.54) is 6.92 Å². The second-order valence-electron chi connectivity index (χ2n) is 3.14. The minimum Gasteiger partial charge on any atom is -0.515 e. The molecule has 0 radical (unpaired) electrons. The van der Waals surface area contributed by atoms with E-state index >= 15 is 0 Å². The third-order valence-corrected chi connectivity index (χ3v) is 1.97. The minimum absolute atomic E-state index is 0.0881. The Morgan fingerprint density at radius 3 is 2.80 bits per heavy atom. The van der Waals surface area contributed by atoms with Crippen molar-refractivity contribution in [2.45, 2.75) is 20.2 Å². The van der Waals surface area contributed by atoms with Crippen LogP contribution >= 0.6 is 0 Å².